The maximum absolute atomic E-state index is 11.9. The van der Waals surface area contributed by atoms with Crippen LogP contribution in [0.15, 0.2) is 30.3 Å². The highest BCUT2D eigenvalue weighted by atomic mass is 16.3. The summed E-state index contributed by atoms with van der Waals surface area (Å²) in [5.74, 6) is 0. The van der Waals surface area contributed by atoms with E-state index in [-0.39, 0.29) is 24.7 Å². The number of urea groups is 1. The predicted octanol–water partition coefficient (Wildman–Crippen LogP) is 1.86. The number of carbonyl (C=O) groups excluding carboxylic acids is 1. The van der Waals surface area contributed by atoms with Crippen LogP contribution in [0.3, 0.4) is 0 Å². The Morgan fingerprint density at radius 2 is 1.91 bits per heavy atom. The summed E-state index contributed by atoms with van der Waals surface area (Å²) in [5, 5.41) is 14.9. The fourth-order valence-electron chi connectivity index (χ4n) is 3.94. The zero-order valence-electron chi connectivity index (χ0n) is 13.7. The lowest BCUT2D eigenvalue weighted by Gasteiger charge is -2.39. The van der Waals surface area contributed by atoms with Gasteiger partial charge < -0.3 is 15.7 Å². The molecule has 2 bridgehead atoms. The number of amides is 2. The summed E-state index contributed by atoms with van der Waals surface area (Å²) < 4.78 is 0. The second kappa shape index (κ2) is 7.32. The second-order valence-electron chi connectivity index (χ2n) is 6.91. The van der Waals surface area contributed by atoms with Crippen LogP contribution < -0.4 is 10.6 Å². The molecule has 5 nitrogen and oxygen atoms in total. The Balaban J connectivity index is 1.53. The van der Waals surface area contributed by atoms with Gasteiger partial charge in [-0.1, -0.05) is 30.3 Å². The number of hydrogen-bond acceptors (Lipinski definition) is 3. The van der Waals surface area contributed by atoms with Gasteiger partial charge in [0.15, 0.2) is 0 Å². The Morgan fingerprint density at radius 1 is 1.26 bits per heavy atom. The third-order valence-corrected chi connectivity index (χ3v) is 5.08. The highest BCUT2D eigenvalue weighted by Crippen LogP contribution is 2.36. The number of nitrogens with zero attached hydrogens (tertiary/aromatic N) is 1. The molecule has 126 valence electrons. The van der Waals surface area contributed by atoms with Gasteiger partial charge in [0.1, 0.15) is 0 Å². The molecule has 2 aliphatic rings. The van der Waals surface area contributed by atoms with Gasteiger partial charge in [-0.15, -0.1) is 0 Å². The fourth-order valence-corrected chi connectivity index (χ4v) is 3.94. The van der Waals surface area contributed by atoms with Gasteiger partial charge in [0.05, 0.1) is 12.6 Å². The average Bonchev–Trinajstić information content (AvgIpc) is 2.78. The van der Waals surface area contributed by atoms with Crippen molar-refractivity contribution in [3.8, 4) is 0 Å². The molecule has 5 heteroatoms. The van der Waals surface area contributed by atoms with Gasteiger partial charge >= 0.3 is 6.03 Å². The summed E-state index contributed by atoms with van der Waals surface area (Å²) in [5.41, 5.74) is 1.37. The molecular formula is C18H27N3O2. The maximum atomic E-state index is 11.9. The van der Waals surface area contributed by atoms with Crippen LogP contribution in [0.5, 0.6) is 0 Å². The van der Waals surface area contributed by atoms with E-state index in [1.165, 1.54) is 18.4 Å². The van der Waals surface area contributed by atoms with Crippen LogP contribution in [0.4, 0.5) is 4.79 Å². The number of aliphatic hydroxyl groups excluding tert-OH is 1. The van der Waals surface area contributed by atoms with E-state index in [4.69, 9.17) is 5.11 Å². The van der Waals surface area contributed by atoms with E-state index in [2.05, 4.69) is 45.9 Å². The molecule has 3 atom stereocenters. The third-order valence-electron chi connectivity index (χ3n) is 5.08. The minimum atomic E-state index is -0.204. The van der Waals surface area contributed by atoms with Crippen LogP contribution in [-0.2, 0) is 6.54 Å². The molecule has 2 aliphatic heterocycles. The summed E-state index contributed by atoms with van der Waals surface area (Å²) >= 11 is 0. The number of rotatable bonds is 5. The number of hydrogen-bond donors (Lipinski definition) is 3. The summed E-state index contributed by atoms with van der Waals surface area (Å²) in [6.45, 7) is 2.77. The molecule has 0 saturated carbocycles. The topological polar surface area (TPSA) is 64.6 Å². The van der Waals surface area contributed by atoms with E-state index in [1.54, 1.807) is 6.92 Å². The Labute approximate surface area is 138 Å². The first-order valence-electron chi connectivity index (χ1n) is 8.63. The number of benzene rings is 1. The first kappa shape index (κ1) is 16.3. The van der Waals surface area contributed by atoms with Crippen LogP contribution in [0, 0.1) is 0 Å². The Kier molecular flexibility index (Phi) is 5.18. The lowest BCUT2D eigenvalue weighted by atomic mass is 9.96. The summed E-state index contributed by atoms with van der Waals surface area (Å²) in [4.78, 5) is 14.6. The van der Waals surface area contributed by atoms with Gasteiger partial charge in [0.2, 0.25) is 0 Å². The van der Waals surface area contributed by atoms with Crippen LogP contribution in [0.25, 0.3) is 0 Å². The largest absolute Gasteiger partial charge is 0.394 e. The molecule has 23 heavy (non-hydrogen) atoms. The molecule has 0 aliphatic carbocycles. The first-order valence-corrected chi connectivity index (χ1v) is 8.63. The Morgan fingerprint density at radius 3 is 2.52 bits per heavy atom. The van der Waals surface area contributed by atoms with Crippen LogP contribution in [0.2, 0.25) is 0 Å². The van der Waals surface area contributed by atoms with Crippen molar-refractivity contribution in [3.63, 3.8) is 0 Å². The highest BCUT2D eigenvalue weighted by molar-refractivity contribution is 5.74. The van der Waals surface area contributed by atoms with Crippen LogP contribution in [-0.4, -0.2) is 46.8 Å². The predicted molar refractivity (Wildman–Crippen MR) is 90.0 cm³/mol. The SMILES string of the molecule is C[C@@H](CO)NC(=O)NC1CC2CCC(C1)N2Cc1ccccc1. The van der Waals surface area contributed by atoms with E-state index in [0.717, 1.165) is 19.4 Å². The molecular weight excluding hydrogens is 290 g/mol. The zero-order valence-corrected chi connectivity index (χ0v) is 13.7. The van der Waals surface area contributed by atoms with Crippen molar-refractivity contribution < 1.29 is 9.90 Å². The normalized spacial score (nSPS) is 28.3. The first-order chi connectivity index (χ1) is 11.2. The number of nitrogens with one attached hydrogen (secondary N) is 2. The fraction of sp³-hybridized carbons (Fsp3) is 0.611. The van der Waals surface area contributed by atoms with Gasteiger partial charge in [0, 0.05) is 24.7 Å². The monoisotopic (exact) mass is 317 g/mol. The molecule has 3 rings (SSSR count). The van der Waals surface area contributed by atoms with Crippen molar-refractivity contribution in [2.24, 2.45) is 0 Å². The van der Waals surface area contributed by atoms with Gasteiger partial charge in [-0.05, 0) is 38.2 Å². The minimum Gasteiger partial charge on any atom is -0.394 e. The molecule has 0 radical (unpaired) electrons. The Bertz CT molecular complexity index is 508. The van der Waals surface area contributed by atoms with E-state index >= 15 is 0 Å². The number of aliphatic hydroxyl groups is 1. The minimum absolute atomic E-state index is 0.0335. The van der Waals surface area contributed by atoms with Gasteiger partial charge in [-0.25, -0.2) is 4.79 Å². The molecule has 1 aromatic carbocycles. The van der Waals surface area contributed by atoms with E-state index in [1.807, 2.05) is 0 Å². The Hall–Kier alpha value is -1.59. The van der Waals surface area contributed by atoms with E-state index in [9.17, 15) is 4.79 Å². The molecule has 2 saturated heterocycles. The molecule has 2 unspecified atom stereocenters. The highest BCUT2D eigenvalue weighted by Gasteiger charge is 2.40. The van der Waals surface area contributed by atoms with Gasteiger partial charge in [-0.3, -0.25) is 4.90 Å². The standard InChI is InChI=1S/C18H27N3O2/c1-13(12-22)19-18(23)20-15-9-16-7-8-17(10-15)21(16)11-14-5-3-2-4-6-14/h2-6,13,15-17,22H,7-12H2,1H3,(H2,19,20,23)/t13-,15?,16?,17?/m0/s1. The lowest BCUT2D eigenvalue weighted by Crippen LogP contribution is -2.53. The number of piperidine rings is 1. The van der Waals surface area contributed by atoms with Crippen molar-refractivity contribution in [2.75, 3.05) is 6.61 Å². The van der Waals surface area contributed by atoms with Crippen molar-refractivity contribution in [3.05, 3.63) is 35.9 Å². The molecule has 0 spiro atoms. The molecule has 1 aromatic rings. The molecule has 2 fully saturated rings. The summed E-state index contributed by atoms with van der Waals surface area (Å²) in [6, 6.07) is 11.6. The second-order valence-corrected chi connectivity index (χ2v) is 6.91. The van der Waals surface area contributed by atoms with E-state index < -0.39 is 0 Å². The maximum Gasteiger partial charge on any atom is 0.315 e. The van der Waals surface area contributed by atoms with Crippen LogP contribution >= 0.6 is 0 Å². The molecule has 2 amide bonds. The average molecular weight is 317 g/mol. The quantitative estimate of drug-likeness (QED) is 0.777. The zero-order chi connectivity index (χ0) is 16.2. The van der Waals surface area contributed by atoms with Crippen LogP contribution in [0.1, 0.15) is 38.2 Å². The van der Waals surface area contributed by atoms with Gasteiger partial charge in [0.25, 0.3) is 0 Å². The van der Waals surface area contributed by atoms with Crippen molar-refractivity contribution in [1.29, 1.82) is 0 Å². The molecule has 2 heterocycles. The third kappa shape index (κ3) is 4.03. The summed E-state index contributed by atoms with van der Waals surface area (Å²) in [7, 11) is 0. The van der Waals surface area contributed by atoms with Crippen molar-refractivity contribution >= 4 is 6.03 Å². The van der Waals surface area contributed by atoms with Gasteiger partial charge in [-0.2, -0.15) is 0 Å². The number of fused-ring (bicyclic) bond motifs is 2. The molecule has 0 aromatic heterocycles. The van der Waals surface area contributed by atoms with E-state index in [0.29, 0.717) is 12.1 Å². The summed E-state index contributed by atoms with van der Waals surface area (Å²) in [6.07, 6.45) is 4.49. The van der Waals surface area contributed by atoms with Crippen molar-refractivity contribution in [2.45, 2.75) is 63.3 Å². The smallest absolute Gasteiger partial charge is 0.315 e. The lowest BCUT2D eigenvalue weighted by molar-refractivity contribution is 0.110. The number of carbonyl (C=O) groups is 1. The van der Waals surface area contributed by atoms with Crippen molar-refractivity contribution in [1.82, 2.24) is 15.5 Å². The molecule has 3 N–H and O–H groups in total.